The largest absolute Gasteiger partial charge is 0.495 e. The molecule has 0 saturated heterocycles. The number of methoxy groups -OCH3 is 1. The second kappa shape index (κ2) is 3.90. The highest BCUT2D eigenvalue weighted by molar-refractivity contribution is 6.33. The molecule has 0 aliphatic heterocycles. The van der Waals surface area contributed by atoms with E-state index < -0.39 is 0 Å². The van der Waals surface area contributed by atoms with Gasteiger partial charge in [0.2, 0.25) is 5.52 Å². The van der Waals surface area contributed by atoms with E-state index in [9.17, 15) is 0 Å². The molecule has 0 aliphatic rings. The summed E-state index contributed by atoms with van der Waals surface area (Å²) in [6.45, 7) is 0. The maximum atomic E-state index is 6.12. The lowest BCUT2D eigenvalue weighted by Crippen LogP contribution is -2.19. The first-order valence-electron chi connectivity index (χ1n) is 5.36. The fraction of sp³-hybridized carbons (Fsp3) is 0.0714. The molecule has 0 amide bonds. The van der Waals surface area contributed by atoms with Gasteiger partial charge in [0.15, 0.2) is 12.4 Å². The third-order valence-corrected chi connectivity index (χ3v) is 3.18. The van der Waals surface area contributed by atoms with Crippen molar-refractivity contribution in [1.82, 2.24) is 0 Å². The molecule has 2 heterocycles. The van der Waals surface area contributed by atoms with E-state index >= 15 is 0 Å². The topological polar surface area (TPSA) is 13.3 Å². The average Bonchev–Trinajstić information content (AvgIpc) is 2.36. The molecular weight excluding hydrogens is 234 g/mol. The van der Waals surface area contributed by atoms with Crippen molar-refractivity contribution < 1.29 is 9.14 Å². The monoisotopic (exact) mass is 244 g/mol. The molecule has 17 heavy (non-hydrogen) atoms. The van der Waals surface area contributed by atoms with Crippen LogP contribution in [0.5, 0.6) is 5.75 Å². The van der Waals surface area contributed by atoms with E-state index in [0.717, 1.165) is 22.0 Å². The number of nitrogens with zero attached hydrogens (tertiary/aromatic N) is 1. The molecule has 0 unspecified atom stereocenters. The Morgan fingerprint density at radius 1 is 1.18 bits per heavy atom. The number of fused-ring (bicyclic) bond motifs is 2. The van der Waals surface area contributed by atoms with Gasteiger partial charge in [-0.1, -0.05) is 11.6 Å². The van der Waals surface area contributed by atoms with Gasteiger partial charge in [-0.05, 0) is 18.2 Å². The van der Waals surface area contributed by atoms with Crippen LogP contribution >= 0.6 is 11.6 Å². The summed E-state index contributed by atoms with van der Waals surface area (Å²) in [5, 5.41) is 2.78. The fourth-order valence-electron chi connectivity index (χ4n) is 2.06. The Morgan fingerprint density at radius 2 is 2.06 bits per heavy atom. The Kier molecular flexibility index (Phi) is 2.37. The highest BCUT2D eigenvalue weighted by atomic mass is 35.5. The van der Waals surface area contributed by atoms with E-state index in [2.05, 4.69) is 22.7 Å². The lowest BCUT2D eigenvalue weighted by molar-refractivity contribution is -0.510. The highest BCUT2D eigenvalue weighted by Gasteiger charge is 2.11. The molecule has 3 rings (SSSR count). The molecule has 0 N–H and O–H groups in total. The van der Waals surface area contributed by atoms with Crippen LogP contribution in [0, 0.1) is 0 Å². The molecule has 0 aliphatic carbocycles. The molecule has 0 atom stereocenters. The zero-order valence-electron chi connectivity index (χ0n) is 9.35. The Hall–Kier alpha value is -1.80. The number of ether oxygens (including phenoxy) is 1. The number of rotatable bonds is 1. The van der Waals surface area contributed by atoms with E-state index in [-0.39, 0.29) is 0 Å². The van der Waals surface area contributed by atoms with Crippen LogP contribution in [0.3, 0.4) is 0 Å². The van der Waals surface area contributed by atoms with Gasteiger partial charge in [-0.15, -0.1) is 0 Å². The zero-order valence-corrected chi connectivity index (χ0v) is 10.1. The molecule has 3 heteroatoms. The van der Waals surface area contributed by atoms with Crippen LogP contribution in [-0.2, 0) is 0 Å². The van der Waals surface area contributed by atoms with Gasteiger partial charge >= 0.3 is 0 Å². The summed E-state index contributed by atoms with van der Waals surface area (Å²) in [5.41, 5.74) is 1.11. The van der Waals surface area contributed by atoms with E-state index in [4.69, 9.17) is 16.3 Å². The van der Waals surface area contributed by atoms with Crippen molar-refractivity contribution in [2.45, 2.75) is 0 Å². The van der Waals surface area contributed by atoms with Gasteiger partial charge in [0, 0.05) is 23.6 Å². The third kappa shape index (κ3) is 1.61. The maximum Gasteiger partial charge on any atom is 0.211 e. The molecule has 3 aromatic rings. The molecular formula is C14H11ClNO+. The van der Waals surface area contributed by atoms with Crippen molar-refractivity contribution in [1.29, 1.82) is 0 Å². The minimum Gasteiger partial charge on any atom is -0.495 e. The molecule has 0 spiro atoms. The number of hydrogen-bond donors (Lipinski definition) is 0. The number of halogens is 1. The van der Waals surface area contributed by atoms with Gasteiger partial charge in [-0.2, -0.15) is 4.40 Å². The molecule has 0 saturated carbocycles. The van der Waals surface area contributed by atoms with Crippen LogP contribution in [0.25, 0.3) is 16.3 Å². The van der Waals surface area contributed by atoms with Gasteiger partial charge in [0.05, 0.1) is 17.5 Å². The van der Waals surface area contributed by atoms with Gasteiger partial charge in [0.25, 0.3) is 0 Å². The molecule has 0 radical (unpaired) electrons. The first-order valence-corrected chi connectivity index (χ1v) is 5.73. The summed E-state index contributed by atoms with van der Waals surface area (Å²) in [6.07, 6.45) is 4.10. The molecule has 1 aromatic carbocycles. The predicted molar refractivity (Wildman–Crippen MR) is 68.7 cm³/mol. The zero-order chi connectivity index (χ0) is 11.8. The summed E-state index contributed by atoms with van der Waals surface area (Å²) in [6, 6.07) is 12.0. The minimum atomic E-state index is 0.639. The third-order valence-electron chi connectivity index (χ3n) is 2.88. The van der Waals surface area contributed by atoms with Gasteiger partial charge in [-0.3, -0.25) is 0 Å². The van der Waals surface area contributed by atoms with E-state index in [0.29, 0.717) is 5.02 Å². The number of benzene rings is 1. The molecule has 84 valence electrons. The SMILES string of the molecule is COc1c(Cl)ccc2c[n+]3ccccc3cc12. The maximum absolute atomic E-state index is 6.12. The summed E-state index contributed by atoms with van der Waals surface area (Å²) in [7, 11) is 1.64. The lowest BCUT2D eigenvalue weighted by atomic mass is 10.1. The van der Waals surface area contributed by atoms with Gasteiger partial charge in [0.1, 0.15) is 5.75 Å². The van der Waals surface area contributed by atoms with Crippen molar-refractivity contribution in [3.05, 3.63) is 53.8 Å². The molecule has 2 nitrogen and oxygen atoms in total. The highest BCUT2D eigenvalue weighted by Crippen LogP contribution is 2.32. The van der Waals surface area contributed by atoms with Crippen LogP contribution in [-0.4, -0.2) is 7.11 Å². The smallest absolute Gasteiger partial charge is 0.211 e. The second-order valence-electron chi connectivity index (χ2n) is 3.89. The van der Waals surface area contributed by atoms with E-state index in [1.54, 1.807) is 7.11 Å². The average molecular weight is 245 g/mol. The van der Waals surface area contributed by atoms with Crippen LogP contribution in [0.1, 0.15) is 0 Å². The van der Waals surface area contributed by atoms with Crippen molar-refractivity contribution >= 4 is 27.9 Å². The lowest BCUT2D eigenvalue weighted by Gasteiger charge is -2.06. The summed E-state index contributed by atoms with van der Waals surface area (Å²) in [4.78, 5) is 0. The Bertz CT molecular complexity index is 709. The summed E-state index contributed by atoms with van der Waals surface area (Å²) < 4.78 is 7.45. The van der Waals surface area contributed by atoms with Crippen molar-refractivity contribution in [2.75, 3.05) is 7.11 Å². The molecule has 0 bridgehead atoms. The van der Waals surface area contributed by atoms with Crippen LogP contribution in [0.4, 0.5) is 0 Å². The van der Waals surface area contributed by atoms with Crippen molar-refractivity contribution in [2.24, 2.45) is 0 Å². The number of hydrogen-bond acceptors (Lipinski definition) is 1. The van der Waals surface area contributed by atoms with E-state index in [1.165, 1.54) is 0 Å². The van der Waals surface area contributed by atoms with Crippen LogP contribution < -0.4 is 9.14 Å². The van der Waals surface area contributed by atoms with E-state index in [1.807, 2.05) is 30.5 Å². The Morgan fingerprint density at radius 3 is 2.88 bits per heavy atom. The fourth-order valence-corrected chi connectivity index (χ4v) is 2.31. The van der Waals surface area contributed by atoms with Gasteiger partial charge in [-0.25, -0.2) is 0 Å². The molecule has 0 fully saturated rings. The standard InChI is InChI=1S/C14H11ClNO/c1-17-14-12-8-11-4-2-3-7-16(11)9-10(12)5-6-13(14)15/h2-9H,1H3/q+1. The number of pyridine rings is 2. The Labute approximate surface area is 104 Å². The minimum absolute atomic E-state index is 0.639. The first kappa shape index (κ1) is 10.4. The summed E-state index contributed by atoms with van der Waals surface area (Å²) in [5.74, 6) is 0.732. The summed E-state index contributed by atoms with van der Waals surface area (Å²) >= 11 is 6.12. The van der Waals surface area contributed by atoms with Crippen LogP contribution in [0.2, 0.25) is 5.02 Å². The van der Waals surface area contributed by atoms with Crippen molar-refractivity contribution in [3.63, 3.8) is 0 Å². The van der Waals surface area contributed by atoms with Crippen molar-refractivity contribution in [3.8, 4) is 5.75 Å². The van der Waals surface area contributed by atoms with Gasteiger partial charge < -0.3 is 4.74 Å². The number of aromatic nitrogens is 1. The van der Waals surface area contributed by atoms with Crippen LogP contribution in [0.15, 0.2) is 48.8 Å². The Balaban J connectivity index is 2.47. The predicted octanol–water partition coefficient (Wildman–Crippen LogP) is 3.24. The second-order valence-corrected chi connectivity index (χ2v) is 4.30. The normalized spacial score (nSPS) is 10.9. The quantitative estimate of drug-likeness (QED) is 0.473. The molecule has 2 aromatic heterocycles. The first-order chi connectivity index (χ1) is 8.29.